The molecule has 2 aromatic heterocycles. The first-order valence-corrected chi connectivity index (χ1v) is 6.82. The molecule has 20 heavy (non-hydrogen) atoms. The normalized spacial score (nSPS) is 10.7. The summed E-state index contributed by atoms with van der Waals surface area (Å²) >= 11 is 12.0. The van der Waals surface area contributed by atoms with E-state index >= 15 is 0 Å². The van der Waals surface area contributed by atoms with Crippen molar-refractivity contribution in [2.24, 2.45) is 7.05 Å². The Morgan fingerprint density at radius 1 is 1.35 bits per heavy atom. The zero-order chi connectivity index (χ0) is 14.9. The number of pyridine rings is 1. The average Bonchev–Trinajstić information content (AvgIpc) is 2.62. The number of halogens is 2. The number of hydrogen-bond acceptors (Lipinski definition) is 4. The second-order valence-corrected chi connectivity index (χ2v) is 5.22. The molecule has 0 fully saturated rings. The predicted octanol–water partition coefficient (Wildman–Crippen LogP) is 3.36. The highest BCUT2D eigenvalue weighted by Gasteiger charge is 2.15. The molecule has 108 valence electrons. The first kappa shape index (κ1) is 14.9. The molecule has 0 bridgehead atoms. The Hall–Kier alpha value is -1.46. The lowest BCUT2D eigenvalue weighted by molar-refractivity contribution is 0.370. The van der Waals surface area contributed by atoms with Crippen LogP contribution < -0.4 is 10.1 Å². The maximum absolute atomic E-state index is 6.11. The summed E-state index contributed by atoms with van der Waals surface area (Å²) < 4.78 is 7.06. The van der Waals surface area contributed by atoms with E-state index in [1.165, 1.54) is 0 Å². The molecule has 2 aromatic rings. The number of hydrogen-bond donors (Lipinski definition) is 1. The highest BCUT2D eigenvalue weighted by Crippen LogP contribution is 2.28. The molecule has 0 amide bonds. The van der Waals surface area contributed by atoms with E-state index in [9.17, 15) is 0 Å². The van der Waals surface area contributed by atoms with Gasteiger partial charge in [0.1, 0.15) is 5.15 Å². The van der Waals surface area contributed by atoms with Gasteiger partial charge < -0.3 is 10.1 Å². The molecule has 0 aromatic carbocycles. The lowest BCUT2D eigenvalue weighted by Crippen LogP contribution is -2.05. The maximum Gasteiger partial charge on any atom is 0.216 e. The first-order chi connectivity index (χ1) is 9.43. The molecule has 1 N–H and O–H groups in total. The summed E-state index contributed by atoms with van der Waals surface area (Å²) in [6.45, 7) is 4.41. The number of aromatic nitrogens is 3. The van der Waals surface area contributed by atoms with Crippen LogP contribution in [0.1, 0.15) is 16.8 Å². The Morgan fingerprint density at radius 2 is 2.05 bits per heavy atom. The van der Waals surface area contributed by atoms with Crippen molar-refractivity contribution in [2.45, 2.75) is 20.4 Å². The van der Waals surface area contributed by atoms with Gasteiger partial charge in [-0.25, -0.2) is 9.67 Å². The topological polar surface area (TPSA) is 52.0 Å². The number of nitrogens with zero attached hydrogens (tertiary/aromatic N) is 3. The summed E-state index contributed by atoms with van der Waals surface area (Å²) in [5.41, 5.74) is 3.60. The standard InChI is InChI=1S/C13H16Cl2N4O/c1-7-5-10(14)17-12(15)11(7)16-6-9-8(2)18-19(3)13(9)20-4/h5,16H,6H2,1-4H3. The summed E-state index contributed by atoms with van der Waals surface area (Å²) in [5, 5.41) is 8.34. The first-order valence-electron chi connectivity index (χ1n) is 6.07. The van der Waals surface area contributed by atoms with E-state index in [2.05, 4.69) is 15.4 Å². The Bertz CT molecular complexity index is 617. The number of methoxy groups -OCH3 is 1. The quantitative estimate of drug-likeness (QED) is 0.879. The fraction of sp³-hybridized carbons (Fsp3) is 0.385. The molecular formula is C13H16Cl2N4O. The van der Waals surface area contributed by atoms with Crippen LogP contribution in [0.15, 0.2) is 6.07 Å². The molecule has 0 saturated carbocycles. The largest absolute Gasteiger partial charge is 0.481 e. The van der Waals surface area contributed by atoms with Gasteiger partial charge in [-0.2, -0.15) is 5.10 Å². The van der Waals surface area contributed by atoms with Crippen LogP contribution >= 0.6 is 23.2 Å². The highest BCUT2D eigenvalue weighted by molar-refractivity contribution is 6.34. The van der Waals surface area contributed by atoms with E-state index in [4.69, 9.17) is 27.9 Å². The number of aryl methyl sites for hydroxylation is 3. The van der Waals surface area contributed by atoms with Crippen LogP contribution in [0.5, 0.6) is 5.88 Å². The molecule has 7 heteroatoms. The van der Waals surface area contributed by atoms with Gasteiger partial charge in [0, 0.05) is 13.6 Å². The van der Waals surface area contributed by atoms with E-state index in [-0.39, 0.29) is 0 Å². The van der Waals surface area contributed by atoms with E-state index in [0.29, 0.717) is 16.9 Å². The van der Waals surface area contributed by atoms with Gasteiger partial charge in [0.25, 0.3) is 0 Å². The Morgan fingerprint density at radius 3 is 2.65 bits per heavy atom. The third-order valence-corrected chi connectivity index (χ3v) is 3.53. The molecule has 0 aliphatic carbocycles. The third kappa shape index (κ3) is 2.83. The van der Waals surface area contributed by atoms with Crippen molar-refractivity contribution in [3.8, 4) is 5.88 Å². The van der Waals surface area contributed by atoms with Gasteiger partial charge in [0.2, 0.25) is 5.88 Å². The van der Waals surface area contributed by atoms with Crippen LogP contribution in [0.3, 0.4) is 0 Å². The lowest BCUT2D eigenvalue weighted by Gasteiger charge is -2.12. The Labute approximate surface area is 127 Å². The van der Waals surface area contributed by atoms with Crippen LogP contribution in [-0.4, -0.2) is 21.9 Å². The Kier molecular flexibility index (Phi) is 4.40. The zero-order valence-electron chi connectivity index (χ0n) is 11.8. The lowest BCUT2D eigenvalue weighted by atomic mass is 10.2. The number of ether oxygens (including phenoxy) is 1. The van der Waals surface area contributed by atoms with E-state index in [1.54, 1.807) is 17.9 Å². The van der Waals surface area contributed by atoms with E-state index < -0.39 is 0 Å². The summed E-state index contributed by atoms with van der Waals surface area (Å²) in [7, 11) is 3.47. The van der Waals surface area contributed by atoms with Gasteiger partial charge in [-0.3, -0.25) is 0 Å². The monoisotopic (exact) mass is 314 g/mol. The molecule has 0 unspecified atom stereocenters. The smallest absolute Gasteiger partial charge is 0.216 e. The minimum absolute atomic E-state index is 0.357. The maximum atomic E-state index is 6.11. The second-order valence-electron chi connectivity index (χ2n) is 4.48. The Balaban J connectivity index is 2.26. The van der Waals surface area contributed by atoms with E-state index in [0.717, 1.165) is 28.4 Å². The van der Waals surface area contributed by atoms with Crippen molar-refractivity contribution in [1.82, 2.24) is 14.8 Å². The molecule has 2 heterocycles. The van der Waals surface area contributed by atoms with Crippen LogP contribution in [0.2, 0.25) is 10.3 Å². The fourth-order valence-electron chi connectivity index (χ4n) is 2.12. The number of anilines is 1. The molecule has 0 aliphatic heterocycles. The summed E-state index contributed by atoms with van der Waals surface area (Å²) in [6.07, 6.45) is 0. The molecule has 5 nitrogen and oxygen atoms in total. The molecule has 0 radical (unpaired) electrons. The summed E-state index contributed by atoms with van der Waals surface area (Å²) in [5.74, 6) is 0.727. The second kappa shape index (κ2) is 5.89. The van der Waals surface area contributed by atoms with Crippen molar-refractivity contribution >= 4 is 28.9 Å². The van der Waals surface area contributed by atoms with Crippen molar-refractivity contribution in [2.75, 3.05) is 12.4 Å². The molecule has 0 saturated heterocycles. The van der Waals surface area contributed by atoms with Crippen molar-refractivity contribution < 1.29 is 4.74 Å². The van der Waals surface area contributed by atoms with Gasteiger partial charge in [0.05, 0.1) is 24.1 Å². The van der Waals surface area contributed by atoms with Crippen molar-refractivity contribution in [1.29, 1.82) is 0 Å². The minimum atomic E-state index is 0.357. The molecular weight excluding hydrogens is 299 g/mol. The van der Waals surface area contributed by atoms with Gasteiger partial charge in [-0.05, 0) is 25.5 Å². The highest BCUT2D eigenvalue weighted by atomic mass is 35.5. The zero-order valence-corrected chi connectivity index (χ0v) is 13.3. The molecule has 0 atom stereocenters. The van der Waals surface area contributed by atoms with Crippen LogP contribution in [0.4, 0.5) is 5.69 Å². The predicted molar refractivity (Wildman–Crippen MR) is 80.8 cm³/mol. The van der Waals surface area contributed by atoms with Crippen molar-refractivity contribution in [3.05, 3.63) is 33.2 Å². The summed E-state index contributed by atoms with van der Waals surface area (Å²) in [6, 6.07) is 1.77. The minimum Gasteiger partial charge on any atom is -0.481 e. The summed E-state index contributed by atoms with van der Waals surface area (Å²) in [4.78, 5) is 4.03. The van der Waals surface area contributed by atoms with Gasteiger partial charge in [-0.15, -0.1) is 0 Å². The van der Waals surface area contributed by atoms with Crippen LogP contribution in [-0.2, 0) is 13.6 Å². The molecule has 0 spiro atoms. The molecule has 0 aliphatic rings. The van der Waals surface area contributed by atoms with Gasteiger partial charge >= 0.3 is 0 Å². The van der Waals surface area contributed by atoms with Gasteiger partial charge in [-0.1, -0.05) is 23.2 Å². The molecule has 2 rings (SSSR count). The van der Waals surface area contributed by atoms with Gasteiger partial charge in [0.15, 0.2) is 5.15 Å². The van der Waals surface area contributed by atoms with Crippen LogP contribution in [0, 0.1) is 13.8 Å². The third-order valence-electron chi connectivity index (χ3n) is 3.07. The van der Waals surface area contributed by atoms with Crippen LogP contribution in [0.25, 0.3) is 0 Å². The number of nitrogens with one attached hydrogen (secondary N) is 1. The average molecular weight is 315 g/mol. The number of rotatable bonds is 4. The van der Waals surface area contributed by atoms with E-state index in [1.807, 2.05) is 20.9 Å². The SMILES string of the molecule is COc1c(CNc2c(C)cc(Cl)nc2Cl)c(C)nn1C. The fourth-order valence-corrected chi connectivity index (χ4v) is 2.72. The van der Waals surface area contributed by atoms with Crippen molar-refractivity contribution in [3.63, 3.8) is 0 Å².